The van der Waals surface area contributed by atoms with Crippen molar-refractivity contribution >= 4 is 39.6 Å². The van der Waals surface area contributed by atoms with E-state index in [-0.39, 0.29) is 12.1 Å². The van der Waals surface area contributed by atoms with E-state index in [1.807, 2.05) is 59.5 Å². The van der Waals surface area contributed by atoms with Crippen LogP contribution < -0.4 is 20.5 Å². The Kier molecular flexibility index (Phi) is 10.8. The molecular weight excluding hydrogens is 566 g/mol. The lowest BCUT2D eigenvalue weighted by molar-refractivity contribution is 0.409. The Morgan fingerprint density at radius 1 is 1.07 bits per heavy atom. The number of hydrogen-bond acceptors (Lipinski definition) is 4. The van der Waals surface area contributed by atoms with Gasteiger partial charge in [-0.15, -0.1) is 0 Å². The molecule has 43 heavy (non-hydrogen) atoms. The molecule has 1 heterocycles. The number of H-pyrrole nitrogens is 1. The maximum atomic E-state index is 15.0. The van der Waals surface area contributed by atoms with Crippen molar-refractivity contribution in [3.63, 3.8) is 0 Å². The van der Waals surface area contributed by atoms with Crippen LogP contribution in [0, 0.1) is 5.82 Å². The second-order valence-electron chi connectivity index (χ2n) is 9.81. The molecule has 0 spiro atoms. The highest BCUT2D eigenvalue weighted by molar-refractivity contribution is 7.80. The molecule has 0 aliphatic rings. The molecule has 1 aromatic heterocycles. The van der Waals surface area contributed by atoms with E-state index >= 15 is 0 Å². The number of nitrogens with one attached hydrogen (secondary N) is 2. The number of thiocarbonyl (C=S) groups is 1. The van der Waals surface area contributed by atoms with Crippen molar-refractivity contribution < 1.29 is 13.5 Å². The summed E-state index contributed by atoms with van der Waals surface area (Å²) in [5, 5.41) is 4.57. The normalized spacial score (nSPS) is 11.7. The molecule has 0 saturated heterocycles. The van der Waals surface area contributed by atoms with E-state index in [4.69, 9.17) is 17.0 Å². The van der Waals surface area contributed by atoms with E-state index in [9.17, 15) is 13.6 Å². The molecule has 0 amide bonds. The molecule has 3 aromatic carbocycles. The van der Waals surface area contributed by atoms with E-state index in [1.54, 1.807) is 36.3 Å². The second-order valence-corrected chi connectivity index (χ2v) is 10.2. The smallest absolute Gasteiger partial charge is 0.253 e. The van der Waals surface area contributed by atoms with Crippen LogP contribution in [0.3, 0.4) is 0 Å². The number of allylic oxidation sites excluding steroid dienone is 4. The second kappa shape index (κ2) is 14.9. The number of rotatable bonds is 12. The van der Waals surface area contributed by atoms with Gasteiger partial charge in [0.25, 0.3) is 5.56 Å². The first-order valence-electron chi connectivity index (χ1n) is 13.8. The number of aromatic nitrogens is 1. The first-order valence-corrected chi connectivity index (χ1v) is 14.2. The highest BCUT2D eigenvalue weighted by Crippen LogP contribution is 2.25. The summed E-state index contributed by atoms with van der Waals surface area (Å²) < 4.78 is 34.2. The number of fused-ring (bicyclic) bond motifs is 1. The predicted octanol–water partition coefficient (Wildman–Crippen LogP) is 7.71. The topological polar surface area (TPSA) is 60.6 Å². The van der Waals surface area contributed by atoms with Crippen molar-refractivity contribution in [3.8, 4) is 5.75 Å². The molecule has 0 unspecified atom stereocenters. The quantitative estimate of drug-likeness (QED) is 0.128. The molecule has 9 heteroatoms. The zero-order valence-corrected chi connectivity index (χ0v) is 25.0. The third-order valence-electron chi connectivity index (χ3n) is 6.72. The molecule has 222 valence electrons. The molecule has 6 nitrogen and oxygen atoms in total. The van der Waals surface area contributed by atoms with Crippen molar-refractivity contribution in [1.29, 1.82) is 0 Å². The number of benzene rings is 3. The first kappa shape index (κ1) is 31.2. The average Bonchev–Trinajstić information content (AvgIpc) is 2.99. The standard InChI is InChI=1S/C34H34F2N4O2S/c1-4-10-28(21-24(2)35)40(32-14-8-6-12-30(32)36)20-9-19-39(34(43)37-27-15-17-29(42-3)18-16-27)23-26-22-25-11-5-7-13-31(25)38-33(26)41/h4-8,10-18,21-22H,1,9,19-20,23H2,2-3H3,(H,37,43)(H,38,41)/b24-21+,28-10+. The van der Waals surface area contributed by atoms with Gasteiger partial charge in [0, 0.05) is 35.6 Å². The lowest BCUT2D eigenvalue weighted by Crippen LogP contribution is -2.38. The summed E-state index contributed by atoms with van der Waals surface area (Å²) in [6, 6.07) is 23.1. The lowest BCUT2D eigenvalue weighted by atomic mass is 10.1. The maximum Gasteiger partial charge on any atom is 0.253 e. The molecule has 0 aliphatic carbocycles. The van der Waals surface area contributed by atoms with E-state index in [0.29, 0.717) is 47.3 Å². The van der Waals surface area contributed by atoms with Crippen molar-refractivity contribution in [1.82, 2.24) is 9.88 Å². The number of pyridine rings is 1. The Labute approximate surface area is 255 Å². The summed E-state index contributed by atoms with van der Waals surface area (Å²) >= 11 is 5.81. The Morgan fingerprint density at radius 3 is 2.49 bits per heavy atom. The maximum absolute atomic E-state index is 15.0. The van der Waals surface area contributed by atoms with Crippen molar-refractivity contribution in [2.24, 2.45) is 0 Å². The highest BCUT2D eigenvalue weighted by atomic mass is 32.1. The summed E-state index contributed by atoms with van der Waals surface area (Å²) in [6.07, 6.45) is 5.01. The van der Waals surface area contributed by atoms with Gasteiger partial charge in [-0.2, -0.15) is 0 Å². The number of aromatic amines is 1. The zero-order valence-electron chi connectivity index (χ0n) is 24.1. The fourth-order valence-corrected chi connectivity index (χ4v) is 4.94. The summed E-state index contributed by atoms with van der Waals surface area (Å²) in [6.45, 7) is 6.06. The van der Waals surface area contributed by atoms with Crippen molar-refractivity contribution in [3.05, 3.63) is 137 Å². The van der Waals surface area contributed by atoms with Gasteiger partial charge >= 0.3 is 0 Å². The van der Waals surface area contributed by atoms with Crippen LogP contribution in [0.1, 0.15) is 18.9 Å². The van der Waals surface area contributed by atoms with Gasteiger partial charge in [0.1, 0.15) is 11.6 Å². The molecule has 0 saturated carbocycles. The van der Waals surface area contributed by atoms with Crippen LogP contribution in [0.15, 0.2) is 120 Å². The number of halogens is 2. The number of nitrogens with zero attached hydrogens (tertiary/aromatic N) is 2. The van der Waals surface area contributed by atoms with Crippen molar-refractivity contribution in [2.75, 3.05) is 30.4 Å². The average molecular weight is 601 g/mol. The summed E-state index contributed by atoms with van der Waals surface area (Å²) in [5.74, 6) is -0.139. The minimum atomic E-state index is -0.432. The van der Waals surface area contributed by atoms with Crippen LogP contribution in [0.2, 0.25) is 0 Å². The molecule has 0 fully saturated rings. The molecule has 4 rings (SSSR count). The van der Waals surface area contributed by atoms with Gasteiger partial charge in [0.05, 0.1) is 25.2 Å². The molecule has 4 aromatic rings. The van der Waals surface area contributed by atoms with E-state index < -0.39 is 11.6 Å². The van der Waals surface area contributed by atoms with E-state index in [2.05, 4.69) is 16.9 Å². The van der Waals surface area contributed by atoms with Crippen LogP contribution in [-0.4, -0.2) is 35.2 Å². The van der Waals surface area contributed by atoms with Gasteiger partial charge < -0.3 is 24.8 Å². The zero-order chi connectivity index (χ0) is 30.8. The largest absolute Gasteiger partial charge is 0.497 e. The van der Waals surface area contributed by atoms with Gasteiger partial charge in [-0.05, 0) is 91.6 Å². The molecule has 2 N–H and O–H groups in total. The number of para-hydroxylation sites is 2. The molecule has 0 bridgehead atoms. The first-order chi connectivity index (χ1) is 20.8. The van der Waals surface area contributed by atoms with Crippen LogP contribution in [0.25, 0.3) is 10.9 Å². The SMILES string of the molecule is C=C/C=C(\C=C(/C)F)N(CCCN(Cc1cc2ccccc2[nH]c1=O)C(=S)Nc1ccc(OC)cc1)c1ccccc1F. The molecule has 0 atom stereocenters. The minimum Gasteiger partial charge on any atom is -0.497 e. The molecular formula is C34H34F2N4O2S. The number of hydrogen-bond donors (Lipinski definition) is 2. The van der Waals surface area contributed by atoms with Crippen LogP contribution >= 0.6 is 12.2 Å². The van der Waals surface area contributed by atoms with E-state index in [1.165, 1.54) is 25.1 Å². The highest BCUT2D eigenvalue weighted by Gasteiger charge is 2.18. The van der Waals surface area contributed by atoms with E-state index in [0.717, 1.165) is 16.6 Å². The minimum absolute atomic E-state index is 0.205. The van der Waals surface area contributed by atoms with Crippen LogP contribution in [0.4, 0.5) is 20.2 Å². The number of ether oxygens (including phenoxy) is 1. The summed E-state index contributed by atoms with van der Waals surface area (Å²) in [4.78, 5) is 19.6. The predicted molar refractivity (Wildman–Crippen MR) is 176 cm³/mol. The Balaban J connectivity index is 1.62. The van der Waals surface area contributed by atoms with Gasteiger partial charge in [-0.1, -0.05) is 43.0 Å². The van der Waals surface area contributed by atoms with Gasteiger partial charge in [0.2, 0.25) is 0 Å². The van der Waals surface area contributed by atoms with Crippen LogP contribution in [-0.2, 0) is 6.54 Å². The Bertz CT molecular complexity index is 1690. The van der Waals surface area contributed by atoms with Gasteiger partial charge in [-0.25, -0.2) is 8.78 Å². The van der Waals surface area contributed by atoms with Gasteiger partial charge in [0.15, 0.2) is 5.11 Å². The fourth-order valence-electron chi connectivity index (χ4n) is 4.66. The fraction of sp³-hybridized carbons (Fsp3) is 0.176. The van der Waals surface area contributed by atoms with Crippen LogP contribution in [0.5, 0.6) is 5.75 Å². The van der Waals surface area contributed by atoms with Crippen molar-refractivity contribution in [2.45, 2.75) is 19.9 Å². The Hall–Kier alpha value is -4.76. The summed E-state index contributed by atoms with van der Waals surface area (Å²) in [5.41, 5.74) is 2.62. The molecule has 0 aliphatic heterocycles. The third-order valence-corrected chi connectivity index (χ3v) is 7.08. The molecule has 0 radical (unpaired) electrons. The number of anilines is 2. The lowest BCUT2D eigenvalue weighted by Gasteiger charge is -2.30. The van der Waals surface area contributed by atoms with Gasteiger partial charge in [-0.3, -0.25) is 4.79 Å². The number of methoxy groups -OCH3 is 1. The third kappa shape index (κ3) is 8.39. The monoisotopic (exact) mass is 600 g/mol. The summed E-state index contributed by atoms with van der Waals surface area (Å²) in [7, 11) is 1.60. The Morgan fingerprint density at radius 2 is 1.79 bits per heavy atom.